The van der Waals surface area contributed by atoms with Crippen LogP contribution in [0.2, 0.25) is 0 Å². The van der Waals surface area contributed by atoms with Crippen molar-refractivity contribution < 1.29 is 9.21 Å². The molecule has 1 amide bonds. The van der Waals surface area contributed by atoms with E-state index in [-0.39, 0.29) is 42.2 Å². The number of H-pyrrole nitrogens is 1. The van der Waals surface area contributed by atoms with Crippen LogP contribution < -0.4 is 21.9 Å². The van der Waals surface area contributed by atoms with Gasteiger partial charge in [0.05, 0.1) is 18.0 Å². The Bertz CT molecular complexity index is 1190. The smallest absolute Gasteiger partial charge is 0.330 e. The third-order valence-electron chi connectivity index (χ3n) is 4.84. The van der Waals surface area contributed by atoms with Crippen LogP contribution in [0.1, 0.15) is 30.9 Å². The molecule has 0 spiro atoms. The number of hydrogen-bond acceptors (Lipinski definition) is 7. The Kier molecular flexibility index (Phi) is 7.24. The summed E-state index contributed by atoms with van der Waals surface area (Å²) in [6.07, 6.45) is 0. The first-order chi connectivity index (χ1) is 15.2. The molecule has 0 aliphatic rings. The first-order valence-electron chi connectivity index (χ1n) is 10.2. The average molecular weight is 458 g/mol. The third kappa shape index (κ3) is 5.31. The summed E-state index contributed by atoms with van der Waals surface area (Å²) in [6, 6.07) is 9.27. The number of nitrogens with two attached hydrogens (primary N) is 1. The molecule has 2 heterocycles. The number of amides is 1. The number of benzene rings is 1. The number of carbonyl (C=O) groups is 1. The normalized spacial score (nSPS) is 11.2. The molecule has 3 rings (SSSR count). The quantitative estimate of drug-likeness (QED) is 0.498. The van der Waals surface area contributed by atoms with Gasteiger partial charge < -0.3 is 15.1 Å². The standard InChI is InChI=1S/C22H27N5O4S/c1-13(2)10-26(17(28)12-32-22-24-14(3)15(4)31-22)18-19(23)27(21(30)25-20(18)29)11-16-8-6-5-7-9-16/h5-9,13H,10-12,23H2,1-4H3,(H,25,29,30). The molecule has 170 valence electrons. The van der Waals surface area contributed by atoms with Crippen LogP contribution in [0, 0.1) is 19.8 Å². The Morgan fingerprint density at radius 2 is 1.94 bits per heavy atom. The van der Waals surface area contributed by atoms with Gasteiger partial charge in [0.2, 0.25) is 5.91 Å². The van der Waals surface area contributed by atoms with Crippen LogP contribution >= 0.6 is 11.8 Å². The number of oxazole rings is 1. The molecule has 0 bridgehead atoms. The van der Waals surface area contributed by atoms with E-state index in [4.69, 9.17) is 10.2 Å². The third-order valence-corrected chi connectivity index (χ3v) is 5.66. The zero-order valence-electron chi connectivity index (χ0n) is 18.5. The van der Waals surface area contributed by atoms with Crippen molar-refractivity contribution in [3.63, 3.8) is 0 Å². The van der Waals surface area contributed by atoms with Crippen LogP contribution in [0.4, 0.5) is 11.5 Å². The SMILES string of the molecule is Cc1nc(SCC(=O)N(CC(C)C)c2c(N)n(Cc3ccccc3)c(=O)[nH]c2=O)oc1C. The Labute approximate surface area is 189 Å². The van der Waals surface area contributed by atoms with Crippen LogP contribution in [0.25, 0.3) is 0 Å². The highest BCUT2D eigenvalue weighted by Crippen LogP contribution is 2.24. The van der Waals surface area contributed by atoms with Gasteiger partial charge in [-0.3, -0.25) is 19.1 Å². The summed E-state index contributed by atoms with van der Waals surface area (Å²) in [6.45, 7) is 7.92. The number of nitrogens with zero attached hydrogens (tertiary/aromatic N) is 3. The molecule has 0 fully saturated rings. The van der Waals surface area contributed by atoms with E-state index < -0.39 is 11.2 Å². The minimum absolute atomic E-state index is 0.00278. The lowest BCUT2D eigenvalue weighted by Crippen LogP contribution is -2.43. The largest absolute Gasteiger partial charge is 0.437 e. The zero-order chi connectivity index (χ0) is 23.4. The Morgan fingerprint density at radius 1 is 1.25 bits per heavy atom. The van der Waals surface area contributed by atoms with Crippen LogP contribution in [0.5, 0.6) is 0 Å². The number of anilines is 2. The van der Waals surface area contributed by atoms with Crippen molar-refractivity contribution in [1.29, 1.82) is 0 Å². The first-order valence-corrected chi connectivity index (χ1v) is 11.2. The fourth-order valence-corrected chi connectivity index (χ4v) is 3.94. The van der Waals surface area contributed by atoms with E-state index in [0.29, 0.717) is 11.0 Å². The van der Waals surface area contributed by atoms with Gasteiger partial charge in [-0.05, 0) is 25.3 Å². The maximum atomic E-state index is 13.1. The molecule has 0 aliphatic heterocycles. The number of rotatable bonds is 8. The van der Waals surface area contributed by atoms with E-state index in [1.807, 2.05) is 51.1 Å². The number of aromatic amines is 1. The minimum atomic E-state index is -0.696. The molecule has 0 saturated carbocycles. The predicted molar refractivity (Wildman–Crippen MR) is 125 cm³/mol. The van der Waals surface area contributed by atoms with Crippen molar-refractivity contribution in [3.8, 4) is 0 Å². The van der Waals surface area contributed by atoms with E-state index in [9.17, 15) is 14.4 Å². The lowest BCUT2D eigenvalue weighted by molar-refractivity contribution is -0.116. The van der Waals surface area contributed by atoms with Crippen LogP contribution in [0.15, 0.2) is 49.6 Å². The minimum Gasteiger partial charge on any atom is -0.437 e. The van der Waals surface area contributed by atoms with Gasteiger partial charge in [-0.2, -0.15) is 0 Å². The second kappa shape index (κ2) is 9.90. The second-order valence-corrected chi connectivity index (χ2v) is 8.80. The molecule has 0 atom stereocenters. The fourth-order valence-electron chi connectivity index (χ4n) is 3.15. The number of thioether (sulfide) groups is 1. The molecule has 3 N–H and O–H groups in total. The molecule has 32 heavy (non-hydrogen) atoms. The summed E-state index contributed by atoms with van der Waals surface area (Å²) >= 11 is 1.14. The van der Waals surface area contributed by atoms with Gasteiger partial charge in [0, 0.05) is 6.54 Å². The highest BCUT2D eigenvalue weighted by Gasteiger charge is 2.25. The summed E-state index contributed by atoms with van der Waals surface area (Å²) in [4.78, 5) is 46.3. The molecular weight excluding hydrogens is 430 g/mol. The molecule has 0 unspecified atom stereocenters. The molecular formula is C22H27N5O4S. The summed E-state index contributed by atoms with van der Waals surface area (Å²) < 4.78 is 6.79. The number of hydrogen-bond donors (Lipinski definition) is 2. The fraction of sp³-hybridized carbons (Fsp3) is 0.364. The highest BCUT2D eigenvalue weighted by molar-refractivity contribution is 7.99. The number of carbonyl (C=O) groups excluding carboxylic acids is 1. The van der Waals surface area contributed by atoms with Crippen LogP contribution in [-0.2, 0) is 11.3 Å². The maximum Gasteiger partial charge on any atom is 0.330 e. The van der Waals surface area contributed by atoms with Gasteiger partial charge in [-0.25, -0.2) is 9.78 Å². The van der Waals surface area contributed by atoms with E-state index in [1.54, 1.807) is 6.92 Å². The molecule has 9 nitrogen and oxygen atoms in total. The van der Waals surface area contributed by atoms with Crippen LogP contribution in [-0.4, -0.2) is 32.7 Å². The van der Waals surface area contributed by atoms with Crippen molar-refractivity contribution in [2.45, 2.75) is 39.5 Å². The van der Waals surface area contributed by atoms with Crippen LogP contribution in [0.3, 0.4) is 0 Å². The van der Waals surface area contributed by atoms with Crippen molar-refractivity contribution in [2.75, 3.05) is 22.9 Å². The predicted octanol–water partition coefficient (Wildman–Crippen LogP) is 2.55. The number of aryl methyl sites for hydroxylation is 2. The van der Waals surface area contributed by atoms with E-state index >= 15 is 0 Å². The van der Waals surface area contributed by atoms with Crippen molar-refractivity contribution >= 4 is 29.2 Å². The van der Waals surface area contributed by atoms with E-state index in [0.717, 1.165) is 23.0 Å². The van der Waals surface area contributed by atoms with Gasteiger partial charge in [0.15, 0.2) is 5.69 Å². The van der Waals surface area contributed by atoms with E-state index in [2.05, 4.69) is 9.97 Å². The Morgan fingerprint density at radius 3 is 2.53 bits per heavy atom. The summed E-state index contributed by atoms with van der Waals surface area (Å²) in [7, 11) is 0. The summed E-state index contributed by atoms with van der Waals surface area (Å²) in [5.74, 6) is 0.364. The monoisotopic (exact) mass is 457 g/mol. The lowest BCUT2D eigenvalue weighted by atomic mass is 10.2. The Hall–Kier alpha value is -3.27. The molecule has 0 saturated heterocycles. The highest BCUT2D eigenvalue weighted by atomic mass is 32.2. The number of nitrogens with one attached hydrogen (secondary N) is 1. The molecule has 0 aliphatic carbocycles. The van der Waals surface area contributed by atoms with Crippen molar-refractivity contribution in [3.05, 3.63) is 68.2 Å². The van der Waals surface area contributed by atoms with Gasteiger partial charge in [0.25, 0.3) is 10.8 Å². The van der Waals surface area contributed by atoms with E-state index in [1.165, 1.54) is 9.47 Å². The van der Waals surface area contributed by atoms with Gasteiger partial charge in [-0.15, -0.1) is 0 Å². The van der Waals surface area contributed by atoms with Gasteiger partial charge in [-0.1, -0.05) is 55.9 Å². The maximum absolute atomic E-state index is 13.1. The number of nitrogen functional groups attached to an aromatic ring is 1. The lowest BCUT2D eigenvalue weighted by Gasteiger charge is -2.26. The molecule has 0 radical (unpaired) electrons. The summed E-state index contributed by atoms with van der Waals surface area (Å²) in [5, 5.41) is 0.383. The Balaban J connectivity index is 1.95. The molecule has 3 aromatic rings. The molecule has 1 aromatic carbocycles. The molecule has 10 heteroatoms. The van der Waals surface area contributed by atoms with Crippen molar-refractivity contribution in [1.82, 2.24) is 14.5 Å². The average Bonchev–Trinajstić information content (AvgIpc) is 3.06. The number of aromatic nitrogens is 3. The molecule has 2 aromatic heterocycles. The topological polar surface area (TPSA) is 127 Å². The summed E-state index contributed by atoms with van der Waals surface area (Å²) in [5.41, 5.74) is 6.53. The second-order valence-electron chi connectivity index (χ2n) is 7.87. The van der Waals surface area contributed by atoms with Gasteiger partial charge in [0.1, 0.15) is 11.6 Å². The van der Waals surface area contributed by atoms with Gasteiger partial charge >= 0.3 is 5.69 Å². The van der Waals surface area contributed by atoms with Crippen molar-refractivity contribution in [2.24, 2.45) is 5.92 Å². The first kappa shape index (κ1) is 23.4. The zero-order valence-corrected chi connectivity index (χ0v) is 19.4.